The van der Waals surface area contributed by atoms with Gasteiger partial charge in [-0.05, 0) is 12.8 Å². The zero-order valence-electron chi connectivity index (χ0n) is 14.1. The van der Waals surface area contributed by atoms with E-state index in [1.54, 1.807) is 0 Å². The Morgan fingerprint density at radius 1 is 1.28 bits per heavy atom. The van der Waals surface area contributed by atoms with Crippen LogP contribution in [0, 0.1) is 0 Å². The maximum atomic E-state index is 13.3. The van der Waals surface area contributed by atoms with Crippen molar-refractivity contribution in [2.75, 3.05) is 32.8 Å². The van der Waals surface area contributed by atoms with Gasteiger partial charge >= 0.3 is 0 Å². The predicted octanol–water partition coefficient (Wildman–Crippen LogP) is 2.01. The molecule has 3 heterocycles. The number of carbonyl (C=O) groups is 1. The molecule has 25 heavy (non-hydrogen) atoms. The van der Waals surface area contributed by atoms with E-state index in [4.69, 9.17) is 9.26 Å². The van der Waals surface area contributed by atoms with Gasteiger partial charge in [0, 0.05) is 57.5 Å². The molecule has 1 saturated carbocycles. The van der Waals surface area contributed by atoms with E-state index < -0.39 is 12.0 Å². The molecule has 6 nitrogen and oxygen atoms in total. The van der Waals surface area contributed by atoms with Gasteiger partial charge < -0.3 is 14.2 Å². The highest BCUT2D eigenvalue weighted by Gasteiger charge is 2.38. The van der Waals surface area contributed by atoms with Crippen LogP contribution >= 0.6 is 0 Å². The monoisotopic (exact) mass is 355 g/mol. The second-order valence-electron chi connectivity index (χ2n) is 7.27. The molecule has 0 bridgehead atoms. The lowest BCUT2D eigenvalue weighted by atomic mass is 10.1. The summed E-state index contributed by atoms with van der Waals surface area (Å²) in [7, 11) is 0. The van der Waals surface area contributed by atoms with Crippen LogP contribution in [0.4, 0.5) is 8.78 Å². The van der Waals surface area contributed by atoms with Crippen molar-refractivity contribution in [3.63, 3.8) is 0 Å². The summed E-state index contributed by atoms with van der Waals surface area (Å²) in [6, 6.07) is 2.00. The van der Waals surface area contributed by atoms with Crippen LogP contribution in [0.1, 0.15) is 43.1 Å². The quantitative estimate of drug-likeness (QED) is 0.827. The molecule has 1 aromatic rings. The molecule has 0 aromatic carbocycles. The number of ether oxygens (including phenoxy) is 1. The van der Waals surface area contributed by atoms with E-state index in [9.17, 15) is 13.6 Å². The molecule has 4 rings (SSSR count). The van der Waals surface area contributed by atoms with Gasteiger partial charge in [-0.15, -0.1) is 0 Å². The number of hydrogen-bond donors (Lipinski definition) is 0. The lowest BCUT2D eigenvalue weighted by molar-refractivity contribution is -0.155. The minimum absolute atomic E-state index is 0.0970. The molecular formula is C17H23F2N3O3. The molecule has 3 aliphatic rings. The fourth-order valence-corrected chi connectivity index (χ4v) is 3.45. The van der Waals surface area contributed by atoms with Gasteiger partial charge in [0.1, 0.15) is 11.9 Å². The highest BCUT2D eigenvalue weighted by Crippen LogP contribution is 2.40. The van der Waals surface area contributed by atoms with E-state index in [2.05, 4.69) is 10.1 Å². The first-order valence-corrected chi connectivity index (χ1v) is 8.96. The van der Waals surface area contributed by atoms with Crippen LogP contribution in [0.25, 0.3) is 0 Å². The van der Waals surface area contributed by atoms with Gasteiger partial charge in [-0.2, -0.15) is 0 Å². The Bertz CT molecular complexity index is 622. The molecule has 1 atom stereocenters. The second kappa shape index (κ2) is 6.64. The number of alkyl halides is 2. The number of nitrogens with zero attached hydrogens (tertiary/aromatic N) is 3. The topological polar surface area (TPSA) is 58.8 Å². The predicted molar refractivity (Wildman–Crippen MR) is 84.3 cm³/mol. The Morgan fingerprint density at radius 3 is 2.76 bits per heavy atom. The van der Waals surface area contributed by atoms with E-state index in [-0.39, 0.29) is 31.8 Å². The summed E-state index contributed by atoms with van der Waals surface area (Å²) >= 11 is 0. The summed E-state index contributed by atoms with van der Waals surface area (Å²) in [6.45, 7) is 2.43. The van der Waals surface area contributed by atoms with E-state index in [1.165, 1.54) is 4.90 Å². The third kappa shape index (κ3) is 4.00. The average Bonchev–Trinajstić information content (AvgIpc) is 3.35. The Hall–Kier alpha value is -1.54. The van der Waals surface area contributed by atoms with Crippen molar-refractivity contribution in [3.8, 4) is 0 Å². The standard InChI is InChI=1S/C17H23F2N3O3/c18-17(19)3-5-22(6-4-17)16(23)15-11-21(7-8-24-15)10-13-9-14(25-20-13)12-1-2-12/h9,12,15H,1-8,10-11H2. The van der Waals surface area contributed by atoms with Gasteiger partial charge in [0.2, 0.25) is 0 Å². The Labute approximate surface area is 145 Å². The van der Waals surface area contributed by atoms with Gasteiger partial charge in [-0.1, -0.05) is 5.16 Å². The van der Waals surface area contributed by atoms with E-state index in [0.717, 1.165) is 24.3 Å². The van der Waals surface area contributed by atoms with Gasteiger partial charge in [-0.3, -0.25) is 9.69 Å². The molecule has 1 aromatic heterocycles. The first kappa shape index (κ1) is 16.9. The van der Waals surface area contributed by atoms with Crippen LogP contribution in [0.2, 0.25) is 0 Å². The van der Waals surface area contributed by atoms with E-state index in [0.29, 0.717) is 32.2 Å². The molecule has 0 spiro atoms. The number of piperidine rings is 1. The second-order valence-corrected chi connectivity index (χ2v) is 7.27. The molecule has 2 aliphatic heterocycles. The van der Waals surface area contributed by atoms with Crippen molar-refractivity contribution in [1.29, 1.82) is 0 Å². The fraction of sp³-hybridized carbons (Fsp3) is 0.765. The maximum Gasteiger partial charge on any atom is 0.253 e. The van der Waals surface area contributed by atoms with Crippen LogP contribution in [0.15, 0.2) is 10.6 Å². The van der Waals surface area contributed by atoms with Crippen LogP contribution < -0.4 is 0 Å². The third-order valence-electron chi connectivity index (χ3n) is 5.18. The Kier molecular flexibility index (Phi) is 4.49. The normalized spacial score (nSPS) is 27.4. The SMILES string of the molecule is O=C(C1CN(Cc2cc(C3CC3)on2)CCO1)N1CCC(F)(F)CC1. The highest BCUT2D eigenvalue weighted by atomic mass is 19.3. The molecule has 1 amide bonds. The number of morpholine rings is 1. The lowest BCUT2D eigenvalue weighted by Gasteiger charge is -2.37. The number of rotatable bonds is 4. The Balaban J connectivity index is 1.31. The van der Waals surface area contributed by atoms with E-state index in [1.807, 2.05) is 6.07 Å². The average molecular weight is 355 g/mol. The number of carbonyl (C=O) groups excluding carboxylic acids is 1. The van der Waals surface area contributed by atoms with Crippen molar-refractivity contribution in [3.05, 3.63) is 17.5 Å². The maximum absolute atomic E-state index is 13.3. The zero-order valence-corrected chi connectivity index (χ0v) is 14.1. The minimum atomic E-state index is -2.65. The van der Waals surface area contributed by atoms with Gasteiger partial charge in [-0.25, -0.2) is 8.78 Å². The zero-order chi connectivity index (χ0) is 17.4. The highest BCUT2D eigenvalue weighted by molar-refractivity contribution is 5.81. The van der Waals surface area contributed by atoms with Crippen molar-refractivity contribution in [2.24, 2.45) is 0 Å². The first-order valence-electron chi connectivity index (χ1n) is 8.96. The van der Waals surface area contributed by atoms with Gasteiger partial charge in [0.15, 0.2) is 0 Å². The molecule has 8 heteroatoms. The van der Waals surface area contributed by atoms with Crippen molar-refractivity contribution in [2.45, 2.75) is 50.2 Å². The summed E-state index contributed by atoms with van der Waals surface area (Å²) in [4.78, 5) is 16.2. The summed E-state index contributed by atoms with van der Waals surface area (Å²) in [6.07, 6.45) is 1.21. The van der Waals surface area contributed by atoms with Gasteiger partial charge in [0.25, 0.3) is 11.8 Å². The number of amides is 1. The molecule has 0 N–H and O–H groups in total. The minimum Gasteiger partial charge on any atom is -0.366 e. The molecule has 138 valence electrons. The number of halogens is 2. The summed E-state index contributed by atoms with van der Waals surface area (Å²) < 4.78 is 37.5. The lowest BCUT2D eigenvalue weighted by Crippen LogP contribution is -2.53. The summed E-state index contributed by atoms with van der Waals surface area (Å²) in [5.41, 5.74) is 0.868. The van der Waals surface area contributed by atoms with E-state index >= 15 is 0 Å². The number of hydrogen-bond acceptors (Lipinski definition) is 5. The van der Waals surface area contributed by atoms with Crippen molar-refractivity contribution in [1.82, 2.24) is 15.0 Å². The molecule has 1 unspecified atom stereocenters. The Morgan fingerprint density at radius 2 is 2.04 bits per heavy atom. The largest absolute Gasteiger partial charge is 0.366 e. The van der Waals surface area contributed by atoms with Gasteiger partial charge in [0.05, 0.1) is 12.3 Å². The molecular weight excluding hydrogens is 332 g/mol. The number of aromatic nitrogens is 1. The summed E-state index contributed by atoms with van der Waals surface area (Å²) in [5, 5.41) is 4.11. The van der Waals surface area contributed by atoms with Crippen LogP contribution in [-0.4, -0.2) is 65.7 Å². The molecule has 0 radical (unpaired) electrons. The number of likely N-dealkylation sites (tertiary alicyclic amines) is 1. The van der Waals surface area contributed by atoms with Crippen LogP contribution in [0.3, 0.4) is 0 Å². The molecule has 3 fully saturated rings. The van der Waals surface area contributed by atoms with Crippen molar-refractivity contribution < 1.29 is 22.8 Å². The first-order chi connectivity index (χ1) is 12.0. The molecule has 2 saturated heterocycles. The van der Waals surface area contributed by atoms with Crippen LogP contribution in [0.5, 0.6) is 0 Å². The van der Waals surface area contributed by atoms with Crippen LogP contribution in [-0.2, 0) is 16.1 Å². The smallest absolute Gasteiger partial charge is 0.253 e. The van der Waals surface area contributed by atoms with Crippen molar-refractivity contribution >= 4 is 5.91 Å². The third-order valence-corrected chi connectivity index (χ3v) is 5.18. The fourth-order valence-electron chi connectivity index (χ4n) is 3.45. The summed E-state index contributed by atoms with van der Waals surface area (Å²) in [5.74, 6) is -1.36. The molecule has 1 aliphatic carbocycles.